The van der Waals surface area contributed by atoms with Gasteiger partial charge in [0.15, 0.2) is 0 Å². The standard InChI is InChI=1S/C17H25N7O2/c1-17(2,3)26-16(25)24(12-15-10-20-23-21-15)11-14-6-4-13(5-7-14)8-9-19-22-18/h4-7,10,20-21,23H,8-9,11-12H2,1-3H3. The minimum absolute atomic E-state index is 0.375. The van der Waals surface area contributed by atoms with E-state index in [-0.39, 0.29) is 6.09 Å². The van der Waals surface area contributed by atoms with E-state index < -0.39 is 5.60 Å². The molecule has 1 aromatic carbocycles. The van der Waals surface area contributed by atoms with Crippen molar-refractivity contribution in [3.05, 3.63) is 57.7 Å². The van der Waals surface area contributed by atoms with Gasteiger partial charge < -0.3 is 15.6 Å². The molecule has 1 amide bonds. The van der Waals surface area contributed by atoms with E-state index in [0.29, 0.717) is 26.1 Å². The first kappa shape index (κ1) is 19.4. The Bertz CT molecular complexity index is 688. The fourth-order valence-electron chi connectivity index (χ4n) is 2.33. The zero-order valence-corrected chi connectivity index (χ0v) is 15.3. The number of benzene rings is 1. The molecule has 0 aliphatic carbocycles. The molecule has 0 fully saturated rings. The number of hydrogen-bond acceptors (Lipinski definition) is 6. The molecule has 0 saturated carbocycles. The largest absolute Gasteiger partial charge is 0.444 e. The van der Waals surface area contributed by atoms with Crippen LogP contribution in [0.3, 0.4) is 0 Å². The Hall–Kier alpha value is -2.90. The fourth-order valence-corrected chi connectivity index (χ4v) is 2.33. The molecule has 0 atom stereocenters. The summed E-state index contributed by atoms with van der Waals surface area (Å²) in [6, 6.07) is 7.89. The molecular weight excluding hydrogens is 334 g/mol. The number of carbonyl (C=O) groups excluding carboxylic acids is 1. The van der Waals surface area contributed by atoms with Crippen LogP contribution in [-0.2, 0) is 17.7 Å². The molecule has 0 aromatic heterocycles. The zero-order valence-electron chi connectivity index (χ0n) is 15.3. The fraction of sp³-hybridized carbons (Fsp3) is 0.471. The third-order valence-electron chi connectivity index (χ3n) is 3.51. The smallest absolute Gasteiger partial charge is 0.410 e. The second-order valence-corrected chi connectivity index (χ2v) is 6.92. The summed E-state index contributed by atoms with van der Waals surface area (Å²) in [5.41, 5.74) is 19.2. The van der Waals surface area contributed by atoms with Gasteiger partial charge in [0.25, 0.3) is 0 Å². The van der Waals surface area contributed by atoms with Crippen LogP contribution in [-0.4, -0.2) is 29.7 Å². The van der Waals surface area contributed by atoms with Crippen molar-refractivity contribution in [3.63, 3.8) is 0 Å². The minimum atomic E-state index is -0.561. The van der Waals surface area contributed by atoms with Crippen molar-refractivity contribution in [2.75, 3.05) is 13.1 Å². The highest BCUT2D eigenvalue weighted by atomic mass is 16.6. The van der Waals surface area contributed by atoms with Crippen molar-refractivity contribution in [2.24, 2.45) is 5.11 Å². The Balaban J connectivity index is 2.04. The quantitative estimate of drug-likeness (QED) is 0.393. The molecule has 0 unspecified atom stereocenters. The van der Waals surface area contributed by atoms with Crippen molar-refractivity contribution < 1.29 is 9.53 Å². The highest BCUT2D eigenvalue weighted by Gasteiger charge is 2.23. The number of carbonyl (C=O) groups is 1. The SMILES string of the molecule is CC(C)(C)OC(=O)N(CC1=CNNN1)Cc1ccc(CCN=[N+]=[N-])cc1. The molecule has 0 saturated heterocycles. The number of azide groups is 1. The average molecular weight is 359 g/mol. The van der Waals surface area contributed by atoms with Crippen LogP contribution in [0.4, 0.5) is 4.79 Å². The normalized spacial score (nSPS) is 13.1. The first-order valence-electron chi connectivity index (χ1n) is 8.39. The summed E-state index contributed by atoms with van der Waals surface area (Å²) in [4.78, 5) is 16.9. The lowest BCUT2D eigenvalue weighted by molar-refractivity contribution is 0.0249. The number of hydrazine groups is 2. The second-order valence-electron chi connectivity index (χ2n) is 6.92. The lowest BCUT2D eigenvalue weighted by atomic mass is 10.1. The Morgan fingerprint density at radius 3 is 2.50 bits per heavy atom. The van der Waals surface area contributed by atoms with Gasteiger partial charge in [-0.1, -0.05) is 29.4 Å². The summed E-state index contributed by atoms with van der Waals surface area (Å²) in [6.07, 6.45) is 2.07. The Kier molecular flexibility index (Phi) is 6.71. The first-order chi connectivity index (χ1) is 12.4. The van der Waals surface area contributed by atoms with E-state index in [0.717, 1.165) is 16.8 Å². The molecule has 0 spiro atoms. The van der Waals surface area contributed by atoms with Gasteiger partial charge in [-0.2, -0.15) is 5.53 Å². The second kappa shape index (κ2) is 8.98. The van der Waals surface area contributed by atoms with Gasteiger partial charge in [0, 0.05) is 24.2 Å². The average Bonchev–Trinajstić information content (AvgIpc) is 3.07. The van der Waals surface area contributed by atoms with Crippen LogP contribution in [0.1, 0.15) is 31.9 Å². The van der Waals surface area contributed by atoms with Gasteiger partial charge >= 0.3 is 6.09 Å². The molecule has 1 aliphatic rings. The highest BCUT2D eigenvalue weighted by Crippen LogP contribution is 2.15. The summed E-state index contributed by atoms with van der Waals surface area (Å²) in [5.74, 6) is 0. The number of nitrogens with zero attached hydrogens (tertiary/aromatic N) is 4. The Morgan fingerprint density at radius 2 is 1.92 bits per heavy atom. The Labute approximate surface area is 153 Å². The molecule has 0 bridgehead atoms. The van der Waals surface area contributed by atoms with Crippen molar-refractivity contribution in [2.45, 2.75) is 39.3 Å². The Morgan fingerprint density at radius 1 is 1.23 bits per heavy atom. The van der Waals surface area contributed by atoms with Gasteiger partial charge in [0.05, 0.1) is 12.2 Å². The van der Waals surface area contributed by atoms with E-state index in [2.05, 4.69) is 26.4 Å². The van der Waals surface area contributed by atoms with Gasteiger partial charge in [-0.25, -0.2) is 4.79 Å². The lowest BCUT2D eigenvalue weighted by Gasteiger charge is -2.27. The maximum atomic E-state index is 12.6. The van der Waals surface area contributed by atoms with Crippen LogP contribution < -0.4 is 16.4 Å². The topological polar surface area (TPSA) is 114 Å². The summed E-state index contributed by atoms with van der Waals surface area (Å²) in [6.45, 7) is 6.77. The van der Waals surface area contributed by atoms with Gasteiger partial charge in [0.2, 0.25) is 0 Å². The summed E-state index contributed by atoms with van der Waals surface area (Å²) in [7, 11) is 0. The maximum Gasteiger partial charge on any atom is 0.410 e. The summed E-state index contributed by atoms with van der Waals surface area (Å²) >= 11 is 0. The number of rotatable bonds is 7. The van der Waals surface area contributed by atoms with E-state index in [1.165, 1.54) is 0 Å². The van der Waals surface area contributed by atoms with E-state index >= 15 is 0 Å². The molecule has 3 N–H and O–H groups in total. The van der Waals surface area contributed by atoms with Crippen molar-refractivity contribution in [1.29, 1.82) is 0 Å². The predicted molar refractivity (Wildman–Crippen MR) is 98.3 cm³/mol. The molecule has 9 heteroatoms. The number of nitrogens with one attached hydrogen (secondary N) is 3. The van der Waals surface area contributed by atoms with Gasteiger partial charge in [-0.05, 0) is 43.9 Å². The van der Waals surface area contributed by atoms with Crippen LogP contribution in [0.15, 0.2) is 41.3 Å². The van der Waals surface area contributed by atoms with Crippen LogP contribution >= 0.6 is 0 Å². The lowest BCUT2D eigenvalue weighted by Crippen LogP contribution is -2.40. The van der Waals surface area contributed by atoms with Crippen LogP contribution in [0.2, 0.25) is 0 Å². The number of hydrogen-bond donors (Lipinski definition) is 3. The summed E-state index contributed by atoms with van der Waals surface area (Å²) in [5, 5.41) is 3.54. The molecule has 26 heavy (non-hydrogen) atoms. The molecule has 9 nitrogen and oxygen atoms in total. The molecule has 2 rings (SSSR count). The first-order valence-corrected chi connectivity index (χ1v) is 8.39. The predicted octanol–water partition coefficient (Wildman–Crippen LogP) is 2.73. The summed E-state index contributed by atoms with van der Waals surface area (Å²) < 4.78 is 5.52. The van der Waals surface area contributed by atoms with E-state index in [9.17, 15) is 4.79 Å². The van der Waals surface area contributed by atoms with Crippen molar-refractivity contribution >= 4 is 6.09 Å². The molecular formula is C17H25N7O2. The molecule has 140 valence electrons. The van der Waals surface area contributed by atoms with Crippen LogP contribution in [0.25, 0.3) is 10.4 Å². The van der Waals surface area contributed by atoms with Gasteiger partial charge in [-0.15, -0.1) is 0 Å². The monoisotopic (exact) mass is 359 g/mol. The minimum Gasteiger partial charge on any atom is -0.444 e. The number of amides is 1. The molecule has 0 radical (unpaired) electrons. The van der Waals surface area contributed by atoms with Gasteiger partial charge in [-0.3, -0.25) is 4.90 Å². The van der Waals surface area contributed by atoms with Crippen LogP contribution in [0.5, 0.6) is 0 Å². The van der Waals surface area contributed by atoms with E-state index in [1.807, 2.05) is 45.0 Å². The van der Waals surface area contributed by atoms with E-state index in [4.69, 9.17) is 10.3 Å². The highest BCUT2D eigenvalue weighted by molar-refractivity contribution is 5.68. The molecule has 1 heterocycles. The van der Waals surface area contributed by atoms with Gasteiger partial charge in [0.1, 0.15) is 5.60 Å². The maximum absolute atomic E-state index is 12.6. The van der Waals surface area contributed by atoms with Crippen molar-refractivity contribution in [3.8, 4) is 0 Å². The molecule has 1 aliphatic heterocycles. The van der Waals surface area contributed by atoms with Crippen LogP contribution in [0, 0.1) is 0 Å². The third-order valence-corrected chi connectivity index (χ3v) is 3.51. The van der Waals surface area contributed by atoms with Crippen molar-refractivity contribution in [1.82, 2.24) is 21.3 Å². The van der Waals surface area contributed by atoms with E-state index in [1.54, 1.807) is 11.1 Å². The number of ether oxygens (including phenoxy) is 1. The molecule has 1 aromatic rings. The zero-order chi connectivity index (χ0) is 19.0. The third kappa shape index (κ3) is 6.54.